The molecule has 0 saturated carbocycles. The van der Waals surface area contributed by atoms with Crippen LogP contribution < -0.4 is 5.32 Å². The molecule has 2 heterocycles. The van der Waals surface area contributed by atoms with Gasteiger partial charge >= 0.3 is 0 Å². The van der Waals surface area contributed by atoms with Crippen LogP contribution in [0.1, 0.15) is 20.3 Å². The highest BCUT2D eigenvalue weighted by Gasteiger charge is 2.16. The van der Waals surface area contributed by atoms with E-state index in [4.69, 9.17) is 0 Å². The van der Waals surface area contributed by atoms with Crippen molar-refractivity contribution in [1.29, 1.82) is 0 Å². The van der Waals surface area contributed by atoms with Crippen LogP contribution in [0.15, 0.2) is 24.5 Å². The first-order chi connectivity index (χ1) is 7.61. The van der Waals surface area contributed by atoms with Gasteiger partial charge in [0.25, 0.3) is 0 Å². The topological polar surface area (TPSA) is 62.5 Å². The molecule has 2 N–H and O–H groups in total. The van der Waals surface area contributed by atoms with Crippen LogP contribution >= 0.6 is 0 Å². The summed E-state index contributed by atoms with van der Waals surface area (Å²) >= 11 is 0. The van der Waals surface area contributed by atoms with Crippen LogP contribution in [0.3, 0.4) is 0 Å². The van der Waals surface area contributed by atoms with E-state index in [0.29, 0.717) is 13.0 Å². The predicted molar refractivity (Wildman–Crippen MR) is 62.4 cm³/mol. The normalized spacial score (nSPS) is 14.9. The van der Waals surface area contributed by atoms with E-state index in [9.17, 15) is 5.11 Å². The van der Waals surface area contributed by atoms with Gasteiger partial charge < -0.3 is 10.4 Å². The summed E-state index contributed by atoms with van der Waals surface area (Å²) in [5, 5.41) is 17.0. The van der Waals surface area contributed by atoms with Crippen LogP contribution in [0, 0.1) is 0 Å². The van der Waals surface area contributed by atoms with E-state index in [-0.39, 0.29) is 0 Å². The van der Waals surface area contributed by atoms with Gasteiger partial charge in [-0.3, -0.25) is 0 Å². The summed E-state index contributed by atoms with van der Waals surface area (Å²) in [4.78, 5) is 4.35. The van der Waals surface area contributed by atoms with E-state index < -0.39 is 5.60 Å². The van der Waals surface area contributed by atoms with Gasteiger partial charge in [0.15, 0.2) is 5.65 Å². The minimum Gasteiger partial charge on any atom is -0.388 e. The SMILES string of the molecule is CCC(C)(O)CNc1ccn2nccc2n1. The Morgan fingerprint density at radius 3 is 3.06 bits per heavy atom. The Bertz CT molecular complexity index is 478. The minimum atomic E-state index is -0.700. The molecule has 0 aliphatic heterocycles. The Morgan fingerprint density at radius 1 is 1.50 bits per heavy atom. The number of rotatable bonds is 4. The molecule has 0 amide bonds. The van der Waals surface area contributed by atoms with E-state index in [1.165, 1.54) is 0 Å². The second kappa shape index (κ2) is 4.09. The Labute approximate surface area is 94.1 Å². The van der Waals surface area contributed by atoms with Crippen LogP contribution in [0.4, 0.5) is 5.82 Å². The first-order valence-electron chi connectivity index (χ1n) is 5.37. The standard InChI is InChI=1S/C11H16N4O/c1-3-11(2,16)8-12-9-5-7-15-10(14-9)4-6-13-15/h4-7,16H,3,8H2,1-2H3,(H,12,14). The van der Waals surface area contributed by atoms with Crippen LogP contribution in [-0.2, 0) is 0 Å². The zero-order valence-electron chi connectivity index (χ0n) is 9.51. The Kier molecular flexibility index (Phi) is 2.78. The lowest BCUT2D eigenvalue weighted by molar-refractivity contribution is 0.0696. The molecular weight excluding hydrogens is 204 g/mol. The predicted octanol–water partition coefficient (Wildman–Crippen LogP) is 1.30. The monoisotopic (exact) mass is 220 g/mol. The quantitative estimate of drug-likeness (QED) is 0.815. The molecule has 1 unspecified atom stereocenters. The average molecular weight is 220 g/mol. The van der Waals surface area contributed by atoms with Gasteiger partial charge in [-0.1, -0.05) is 6.92 Å². The van der Waals surface area contributed by atoms with Crippen molar-refractivity contribution in [2.24, 2.45) is 0 Å². The number of hydrogen-bond donors (Lipinski definition) is 2. The van der Waals surface area contributed by atoms with Crippen LogP contribution in [0.25, 0.3) is 5.65 Å². The van der Waals surface area contributed by atoms with Crippen LogP contribution in [-0.4, -0.2) is 31.9 Å². The fraction of sp³-hybridized carbons (Fsp3) is 0.455. The molecular formula is C11H16N4O. The fourth-order valence-electron chi connectivity index (χ4n) is 1.32. The molecule has 0 fully saturated rings. The number of fused-ring (bicyclic) bond motifs is 1. The third-order valence-corrected chi connectivity index (χ3v) is 2.67. The first kappa shape index (κ1) is 10.9. The maximum Gasteiger partial charge on any atom is 0.157 e. The summed E-state index contributed by atoms with van der Waals surface area (Å²) in [6.07, 6.45) is 4.24. The number of hydrogen-bond acceptors (Lipinski definition) is 4. The molecule has 0 aromatic carbocycles. The lowest BCUT2D eigenvalue weighted by atomic mass is 10.0. The molecule has 0 bridgehead atoms. The van der Waals surface area contributed by atoms with E-state index in [0.717, 1.165) is 11.5 Å². The van der Waals surface area contributed by atoms with Crippen molar-refractivity contribution >= 4 is 11.5 Å². The number of nitrogens with zero attached hydrogens (tertiary/aromatic N) is 3. The lowest BCUT2D eigenvalue weighted by Gasteiger charge is -2.21. The molecule has 0 radical (unpaired) electrons. The smallest absolute Gasteiger partial charge is 0.157 e. The van der Waals surface area contributed by atoms with Crippen LogP contribution in [0.5, 0.6) is 0 Å². The van der Waals surface area contributed by atoms with Crippen LogP contribution in [0.2, 0.25) is 0 Å². The fourth-order valence-corrected chi connectivity index (χ4v) is 1.32. The zero-order valence-corrected chi connectivity index (χ0v) is 9.51. The molecule has 2 rings (SSSR count). The van der Waals surface area contributed by atoms with Crippen molar-refractivity contribution in [2.45, 2.75) is 25.9 Å². The second-order valence-corrected chi connectivity index (χ2v) is 4.15. The van der Waals surface area contributed by atoms with Crippen molar-refractivity contribution in [3.63, 3.8) is 0 Å². The first-order valence-corrected chi connectivity index (χ1v) is 5.37. The second-order valence-electron chi connectivity index (χ2n) is 4.15. The van der Waals surface area contributed by atoms with Crippen molar-refractivity contribution in [2.75, 3.05) is 11.9 Å². The van der Waals surface area contributed by atoms with Crippen molar-refractivity contribution in [3.05, 3.63) is 24.5 Å². The summed E-state index contributed by atoms with van der Waals surface area (Å²) in [6, 6.07) is 3.68. The molecule has 5 nitrogen and oxygen atoms in total. The molecule has 16 heavy (non-hydrogen) atoms. The molecule has 0 aliphatic carbocycles. The van der Waals surface area contributed by atoms with Crippen molar-refractivity contribution in [3.8, 4) is 0 Å². The minimum absolute atomic E-state index is 0.487. The zero-order chi connectivity index (χ0) is 11.6. The maximum atomic E-state index is 9.85. The van der Waals surface area contributed by atoms with Gasteiger partial charge in [-0.05, 0) is 19.4 Å². The highest BCUT2D eigenvalue weighted by atomic mass is 16.3. The Morgan fingerprint density at radius 2 is 2.31 bits per heavy atom. The van der Waals surface area contributed by atoms with Gasteiger partial charge in [-0.15, -0.1) is 0 Å². The Hall–Kier alpha value is -1.62. The molecule has 0 aliphatic rings. The summed E-state index contributed by atoms with van der Waals surface area (Å²) in [6.45, 7) is 4.24. The number of anilines is 1. The summed E-state index contributed by atoms with van der Waals surface area (Å²) in [5.74, 6) is 0.752. The highest BCUT2D eigenvalue weighted by Crippen LogP contribution is 2.11. The van der Waals surface area contributed by atoms with E-state index in [1.807, 2.05) is 25.3 Å². The van der Waals surface area contributed by atoms with E-state index in [1.54, 1.807) is 17.6 Å². The number of nitrogens with one attached hydrogen (secondary N) is 1. The van der Waals surface area contributed by atoms with Gasteiger partial charge in [-0.2, -0.15) is 5.10 Å². The number of aliphatic hydroxyl groups is 1. The molecule has 2 aromatic rings. The number of aromatic nitrogens is 3. The molecule has 0 saturated heterocycles. The summed E-state index contributed by atoms with van der Waals surface area (Å²) in [7, 11) is 0. The third-order valence-electron chi connectivity index (χ3n) is 2.67. The lowest BCUT2D eigenvalue weighted by Crippen LogP contribution is -2.32. The molecule has 2 aromatic heterocycles. The highest BCUT2D eigenvalue weighted by molar-refractivity contribution is 5.45. The van der Waals surface area contributed by atoms with Crippen molar-refractivity contribution < 1.29 is 5.11 Å². The molecule has 86 valence electrons. The van der Waals surface area contributed by atoms with Gasteiger partial charge in [-0.25, -0.2) is 9.50 Å². The van der Waals surface area contributed by atoms with Gasteiger partial charge in [0.2, 0.25) is 0 Å². The molecule has 5 heteroatoms. The van der Waals surface area contributed by atoms with Gasteiger partial charge in [0.1, 0.15) is 5.82 Å². The third kappa shape index (κ3) is 2.30. The Balaban J connectivity index is 2.09. The largest absolute Gasteiger partial charge is 0.388 e. The van der Waals surface area contributed by atoms with Gasteiger partial charge in [0.05, 0.1) is 11.8 Å². The summed E-state index contributed by atoms with van der Waals surface area (Å²) in [5.41, 5.74) is 0.0924. The van der Waals surface area contributed by atoms with Gasteiger partial charge in [0, 0.05) is 18.8 Å². The van der Waals surface area contributed by atoms with E-state index >= 15 is 0 Å². The summed E-state index contributed by atoms with van der Waals surface area (Å²) < 4.78 is 1.70. The average Bonchev–Trinajstić information content (AvgIpc) is 2.73. The van der Waals surface area contributed by atoms with Crippen molar-refractivity contribution in [1.82, 2.24) is 14.6 Å². The molecule has 0 spiro atoms. The molecule has 1 atom stereocenters. The van der Waals surface area contributed by atoms with E-state index in [2.05, 4.69) is 15.4 Å². The maximum absolute atomic E-state index is 9.85.